The minimum absolute atomic E-state index is 0.263. The molecule has 23 heavy (non-hydrogen) atoms. The molecule has 2 aromatic rings. The Morgan fingerprint density at radius 1 is 1.13 bits per heavy atom. The Balaban J connectivity index is 2.08. The fourth-order valence-electron chi connectivity index (χ4n) is 2.30. The van der Waals surface area contributed by atoms with E-state index in [1.54, 1.807) is 7.11 Å². The van der Waals surface area contributed by atoms with Crippen LogP contribution in [-0.4, -0.2) is 13.7 Å². The highest BCUT2D eigenvalue weighted by atomic mass is 79.9. The minimum atomic E-state index is 0.263. The molecule has 0 saturated carbocycles. The smallest absolute Gasteiger partial charge is 0.175 e. The second-order valence-corrected chi connectivity index (χ2v) is 6.97. The molecule has 0 aliphatic heterocycles. The van der Waals surface area contributed by atoms with Gasteiger partial charge in [-0.2, -0.15) is 0 Å². The zero-order valence-electron chi connectivity index (χ0n) is 13.5. The third-order valence-corrected chi connectivity index (χ3v) is 4.68. The molecule has 2 aromatic carbocycles. The summed E-state index contributed by atoms with van der Waals surface area (Å²) in [6, 6.07) is 12.7. The van der Waals surface area contributed by atoms with Crippen LogP contribution in [0.2, 0.25) is 0 Å². The van der Waals surface area contributed by atoms with E-state index < -0.39 is 0 Å². The fourth-order valence-corrected chi connectivity index (χ4v) is 3.17. The summed E-state index contributed by atoms with van der Waals surface area (Å²) in [6.07, 6.45) is 0. The van der Waals surface area contributed by atoms with Crippen LogP contribution in [0.4, 0.5) is 0 Å². The molecule has 124 valence electrons. The summed E-state index contributed by atoms with van der Waals surface area (Å²) in [6.45, 7) is 5.47. The van der Waals surface area contributed by atoms with E-state index in [0.717, 1.165) is 32.6 Å². The minimum Gasteiger partial charge on any atom is -0.493 e. The molecular weight excluding hydrogens is 422 g/mol. The van der Waals surface area contributed by atoms with Gasteiger partial charge in [0.25, 0.3) is 0 Å². The number of rotatable bonds is 7. The first-order valence-corrected chi connectivity index (χ1v) is 9.11. The summed E-state index contributed by atoms with van der Waals surface area (Å²) < 4.78 is 13.1. The van der Waals surface area contributed by atoms with Gasteiger partial charge in [0.05, 0.1) is 18.2 Å². The molecule has 0 spiro atoms. The molecule has 3 nitrogen and oxygen atoms in total. The zero-order chi connectivity index (χ0) is 16.8. The predicted octanol–water partition coefficient (Wildman–Crippen LogP) is 5.47. The van der Waals surface area contributed by atoms with Gasteiger partial charge in [-0.15, -0.1) is 0 Å². The lowest BCUT2D eigenvalue weighted by Crippen LogP contribution is -2.18. The standard InChI is InChI=1S/C18H21Br2NO2/c1-4-23-18-16(20)9-13(10-17(18)22-3)11-21-12(2)14-5-7-15(19)8-6-14/h5-10,12,21H,4,11H2,1-3H3/t12-/m0/s1. The van der Waals surface area contributed by atoms with Gasteiger partial charge in [-0.25, -0.2) is 0 Å². The van der Waals surface area contributed by atoms with Gasteiger partial charge in [0.15, 0.2) is 11.5 Å². The topological polar surface area (TPSA) is 30.5 Å². The average molecular weight is 443 g/mol. The van der Waals surface area contributed by atoms with Crippen LogP contribution in [-0.2, 0) is 6.54 Å². The first-order valence-electron chi connectivity index (χ1n) is 7.53. The molecule has 1 atom stereocenters. The van der Waals surface area contributed by atoms with E-state index >= 15 is 0 Å². The fraction of sp³-hybridized carbons (Fsp3) is 0.333. The van der Waals surface area contributed by atoms with E-state index in [0.29, 0.717) is 6.61 Å². The van der Waals surface area contributed by atoms with Gasteiger partial charge >= 0.3 is 0 Å². The average Bonchev–Trinajstić information content (AvgIpc) is 2.55. The van der Waals surface area contributed by atoms with Crippen LogP contribution in [0.3, 0.4) is 0 Å². The van der Waals surface area contributed by atoms with Crippen molar-refractivity contribution in [3.05, 3.63) is 56.5 Å². The SMILES string of the molecule is CCOc1c(Br)cc(CN[C@@H](C)c2ccc(Br)cc2)cc1OC. The van der Waals surface area contributed by atoms with Crippen LogP contribution in [0, 0.1) is 0 Å². The second-order valence-electron chi connectivity index (χ2n) is 5.20. The molecule has 0 amide bonds. The molecule has 0 aromatic heterocycles. The number of halogens is 2. The van der Waals surface area contributed by atoms with E-state index in [4.69, 9.17) is 9.47 Å². The van der Waals surface area contributed by atoms with Crippen LogP contribution in [0.5, 0.6) is 11.5 Å². The van der Waals surface area contributed by atoms with Crippen molar-refractivity contribution < 1.29 is 9.47 Å². The monoisotopic (exact) mass is 441 g/mol. The molecule has 0 aliphatic carbocycles. The van der Waals surface area contributed by atoms with Gasteiger partial charge in [0, 0.05) is 17.1 Å². The molecule has 0 bridgehead atoms. The molecule has 0 unspecified atom stereocenters. The molecule has 5 heteroatoms. The van der Waals surface area contributed by atoms with Crippen LogP contribution >= 0.6 is 31.9 Å². The lowest BCUT2D eigenvalue weighted by atomic mass is 10.1. The van der Waals surface area contributed by atoms with Crippen molar-refractivity contribution >= 4 is 31.9 Å². The van der Waals surface area contributed by atoms with Crippen molar-refractivity contribution in [1.82, 2.24) is 5.32 Å². The lowest BCUT2D eigenvalue weighted by Gasteiger charge is -2.17. The molecule has 0 saturated heterocycles. The summed E-state index contributed by atoms with van der Waals surface area (Å²) in [4.78, 5) is 0. The summed E-state index contributed by atoms with van der Waals surface area (Å²) in [5.74, 6) is 1.49. The van der Waals surface area contributed by atoms with Gasteiger partial charge in [0.1, 0.15) is 0 Å². The second kappa shape index (κ2) is 8.71. The third kappa shape index (κ3) is 4.96. The summed E-state index contributed by atoms with van der Waals surface area (Å²) in [5.41, 5.74) is 2.39. The number of methoxy groups -OCH3 is 1. The normalized spacial score (nSPS) is 12.0. The Labute approximate surface area is 154 Å². The predicted molar refractivity (Wildman–Crippen MR) is 101 cm³/mol. The highest BCUT2D eigenvalue weighted by molar-refractivity contribution is 9.10. The van der Waals surface area contributed by atoms with Crippen molar-refractivity contribution in [3.63, 3.8) is 0 Å². The van der Waals surface area contributed by atoms with Gasteiger partial charge in [-0.1, -0.05) is 28.1 Å². The number of ether oxygens (including phenoxy) is 2. The first kappa shape index (κ1) is 18.3. The van der Waals surface area contributed by atoms with Crippen molar-refractivity contribution in [3.8, 4) is 11.5 Å². The highest BCUT2D eigenvalue weighted by Crippen LogP contribution is 2.36. The number of nitrogens with one attached hydrogen (secondary N) is 1. The molecule has 2 rings (SSSR count). The van der Waals surface area contributed by atoms with E-state index in [2.05, 4.69) is 74.4 Å². The Morgan fingerprint density at radius 3 is 2.43 bits per heavy atom. The van der Waals surface area contributed by atoms with E-state index in [1.807, 2.05) is 13.0 Å². The van der Waals surface area contributed by atoms with Gasteiger partial charge in [0.2, 0.25) is 0 Å². The maximum absolute atomic E-state index is 5.62. The lowest BCUT2D eigenvalue weighted by molar-refractivity contribution is 0.308. The van der Waals surface area contributed by atoms with Crippen molar-refractivity contribution in [2.24, 2.45) is 0 Å². The molecule has 1 N–H and O–H groups in total. The van der Waals surface area contributed by atoms with Crippen molar-refractivity contribution in [1.29, 1.82) is 0 Å². The van der Waals surface area contributed by atoms with Crippen molar-refractivity contribution in [2.75, 3.05) is 13.7 Å². The number of hydrogen-bond donors (Lipinski definition) is 1. The quantitative estimate of drug-likeness (QED) is 0.616. The first-order chi connectivity index (χ1) is 11.0. The van der Waals surface area contributed by atoms with E-state index in [9.17, 15) is 0 Å². The van der Waals surface area contributed by atoms with E-state index in [-0.39, 0.29) is 6.04 Å². The number of hydrogen-bond acceptors (Lipinski definition) is 3. The van der Waals surface area contributed by atoms with Crippen LogP contribution in [0.1, 0.15) is 31.0 Å². The largest absolute Gasteiger partial charge is 0.493 e. The van der Waals surface area contributed by atoms with Crippen LogP contribution in [0.25, 0.3) is 0 Å². The summed E-state index contributed by atoms with van der Waals surface area (Å²) in [7, 11) is 1.66. The van der Waals surface area contributed by atoms with E-state index in [1.165, 1.54) is 5.56 Å². The van der Waals surface area contributed by atoms with Crippen LogP contribution in [0.15, 0.2) is 45.3 Å². The maximum atomic E-state index is 5.62. The summed E-state index contributed by atoms with van der Waals surface area (Å²) in [5, 5.41) is 3.53. The molecule has 0 heterocycles. The van der Waals surface area contributed by atoms with Gasteiger partial charge in [-0.05, 0) is 65.2 Å². The van der Waals surface area contributed by atoms with Gasteiger partial charge in [-0.3, -0.25) is 0 Å². The molecule has 0 fully saturated rings. The highest BCUT2D eigenvalue weighted by Gasteiger charge is 2.12. The maximum Gasteiger partial charge on any atom is 0.175 e. The Hall–Kier alpha value is -1.04. The zero-order valence-corrected chi connectivity index (χ0v) is 16.7. The molecular formula is C18H21Br2NO2. The Bertz CT molecular complexity index is 644. The van der Waals surface area contributed by atoms with Crippen LogP contribution < -0.4 is 14.8 Å². The molecule has 0 aliphatic rings. The molecule has 0 radical (unpaired) electrons. The Kier molecular flexibility index (Phi) is 6.93. The third-order valence-electron chi connectivity index (χ3n) is 3.56. The van der Waals surface area contributed by atoms with Crippen molar-refractivity contribution in [2.45, 2.75) is 26.4 Å². The number of benzene rings is 2. The Morgan fingerprint density at radius 2 is 1.83 bits per heavy atom. The van der Waals surface area contributed by atoms with Gasteiger partial charge < -0.3 is 14.8 Å². The summed E-state index contributed by atoms with van der Waals surface area (Å²) >= 11 is 7.02.